The summed E-state index contributed by atoms with van der Waals surface area (Å²) >= 11 is 0. The molecule has 0 aliphatic heterocycles. The molecule has 0 rings (SSSR count). The Morgan fingerprint density at radius 1 is 1.21 bits per heavy atom. The van der Waals surface area contributed by atoms with Gasteiger partial charge in [0.2, 0.25) is 0 Å². The lowest BCUT2D eigenvalue weighted by Gasteiger charge is -2.28. The molecule has 0 aliphatic carbocycles. The number of hydrogen-bond donors (Lipinski definition) is 0. The Bertz CT molecular complexity index is 257. The molecule has 0 bridgehead atoms. The van der Waals surface area contributed by atoms with Crippen LogP contribution in [-0.4, -0.2) is 24.1 Å². The van der Waals surface area contributed by atoms with Crippen LogP contribution in [0.4, 0.5) is 0 Å². The second-order valence-electron chi connectivity index (χ2n) is 3.39. The average molecular weight is 200 g/mol. The minimum absolute atomic E-state index is 0.00273. The maximum absolute atomic E-state index is 10.8. The van der Waals surface area contributed by atoms with E-state index in [2.05, 4.69) is 6.58 Å². The summed E-state index contributed by atoms with van der Waals surface area (Å²) in [5.74, 6) is -0.840. The molecule has 0 spiro atoms. The SMILES string of the molecule is C=C(C)C(C)(COC(C)=O)OC(C)=O. The van der Waals surface area contributed by atoms with Gasteiger partial charge in [-0.25, -0.2) is 0 Å². The predicted molar refractivity (Wildman–Crippen MR) is 51.6 cm³/mol. The molecule has 0 aromatic carbocycles. The fourth-order valence-corrected chi connectivity index (χ4v) is 0.796. The van der Waals surface area contributed by atoms with Crippen LogP contribution in [-0.2, 0) is 19.1 Å². The molecule has 0 saturated heterocycles. The van der Waals surface area contributed by atoms with Crippen molar-refractivity contribution in [3.8, 4) is 0 Å². The van der Waals surface area contributed by atoms with Crippen LogP contribution >= 0.6 is 0 Å². The summed E-state index contributed by atoms with van der Waals surface area (Å²) in [5.41, 5.74) is -0.300. The predicted octanol–water partition coefficient (Wildman–Crippen LogP) is 1.45. The molecule has 0 fully saturated rings. The molecule has 4 heteroatoms. The van der Waals surface area contributed by atoms with Crippen LogP contribution in [0, 0.1) is 0 Å². The number of rotatable bonds is 4. The van der Waals surface area contributed by atoms with Gasteiger partial charge >= 0.3 is 11.9 Å². The minimum Gasteiger partial charge on any atom is -0.461 e. The molecule has 0 amide bonds. The zero-order valence-electron chi connectivity index (χ0n) is 9.05. The molecule has 14 heavy (non-hydrogen) atoms. The third-order valence-corrected chi connectivity index (χ3v) is 1.82. The highest BCUT2D eigenvalue weighted by molar-refractivity contribution is 5.67. The largest absolute Gasteiger partial charge is 0.461 e. The van der Waals surface area contributed by atoms with Crippen molar-refractivity contribution in [1.29, 1.82) is 0 Å². The number of esters is 2. The molecule has 0 heterocycles. The highest BCUT2D eigenvalue weighted by Crippen LogP contribution is 2.20. The van der Waals surface area contributed by atoms with Gasteiger partial charge in [0.1, 0.15) is 6.61 Å². The molecule has 0 N–H and O–H groups in total. The van der Waals surface area contributed by atoms with E-state index in [1.807, 2.05) is 0 Å². The van der Waals surface area contributed by atoms with Gasteiger partial charge in [-0.3, -0.25) is 9.59 Å². The van der Waals surface area contributed by atoms with Crippen LogP contribution in [0.2, 0.25) is 0 Å². The first-order valence-corrected chi connectivity index (χ1v) is 4.27. The first-order valence-electron chi connectivity index (χ1n) is 4.27. The molecule has 1 atom stereocenters. The molecule has 4 nitrogen and oxygen atoms in total. The van der Waals surface area contributed by atoms with Crippen LogP contribution in [0.3, 0.4) is 0 Å². The summed E-state index contributed by atoms with van der Waals surface area (Å²) in [6, 6.07) is 0. The maximum atomic E-state index is 10.8. The van der Waals surface area contributed by atoms with E-state index in [0.717, 1.165) is 0 Å². The Labute approximate surface area is 83.9 Å². The van der Waals surface area contributed by atoms with Crippen molar-refractivity contribution < 1.29 is 19.1 Å². The van der Waals surface area contributed by atoms with Crippen molar-refractivity contribution in [1.82, 2.24) is 0 Å². The fraction of sp³-hybridized carbons (Fsp3) is 0.600. The Hall–Kier alpha value is -1.32. The highest BCUT2D eigenvalue weighted by Gasteiger charge is 2.30. The van der Waals surface area contributed by atoms with Crippen molar-refractivity contribution in [2.75, 3.05) is 6.61 Å². The zero-order chi connectivity index (χ0) is 11.4. The van der Waals surface area contributed by atoms with E-state index in [0.29, 0.717) is 5.57 Å². The first kappa shape index (κ1) is 12.7. The molecule has 0 aromatic rings. The fourth-order valence-electron chi connectivity index (χ4n) is 0.796. The summed E-state index contributed by atoms with van der Waals surface area (Å²) in [7, 11) is 0. The molecular weight excluding hydrogens is 184 g/mol. The van der Waals surface area contributed by atoms with E-state index in [1.54, 1.807) is 13.8 Å². The van der Waals surface area contributed by atoms with Crippen LogP contribution in [0.1, 0.15) is 27.7 Å². The quantitative estimate of drug-likeness (QED) is 0.509. The van der Waals surface area contributed by atoms with Crippen molar-refractivity contribution in [3.05, 3.63) is 12.2 Å². The normalized spacial score (nSPS) is 14.0. The number of ether oxygens (including phenoxy) is 2. The second-order valence-corrected chi connectivity index (χ2v) is 3.39. The van der Waals surface area contributed by atoms with Crippen LogP contribution < -0.4 is 0 Å². The number of carbonyl (C=O) groups is 2. The van der Waals surface area contributed by atoms with E-state index in [4.69, 9.17) is 9.47 Å². The van der Waals surface area contributed by atoms with Gasteiger partial charge in [-0.15, -0.1) is 0 Å². The molecule has 1 unspecified atom stereocenters. The third-order valence-electron chi connectivity index (χ3n) is 1.82. The molecular formula is C10H16O4. The van der Waals surface area contributed by atoms with Gasteiger partial charge in [0.05, 0.1) is 0 Å². The Morgan fingerprint density at radius 3 is 2.00 bits per heavy atom. The summed E-state index contributed by atoms with van der Waals surface area (Å²) in [6.45, 7) is 9.65. The van der Waals surface area contributed by atoms with E-state index >= 15 is 0 Å². The van der Waals surface area contributed by atoms with Gasteiger partial charge in [0, 0.05) is 13.8 Å². The average Bonchev–Trinajstić information content (AvgIpc) is 1.99. The summed E-state index contributed by atoms with van der Waals surface area (Å²) in [5, 5.41) is 0. The maximum Gasteiger partial charge on any atom is 0.303 e. The molecule has 0 saturated carbocycles. The lowest BCUT2D eigenvalue weighted by atomic mass is 10.00. The van der Waals surface area contributed by atoms with Gasteiger partial charge < -0.3 is 9.47 Å². The van der Waals surface area contributed by atoms with E-state index in [-0.39, 0.29) is 6.61 Å². The molecule has 0 aromatic heterocycles. The Kier molecular flexibility index (Phi) is 4.34. The van der Waals surface area contributed by atoms with Crippen molar-refractivity contribution in [2.24, 2.45) is 0 Å². The van der Waals surface area contributed by atoms with Gasteiger partial charge in [-0.1, -0.05) is 6.58 Å². The lowest BCUT2D eigenvalue weighted by molar-refractivity contribution is -0.163. The van der Waals surface area contributed by atoms with E-state index in [9.17, 15) is 9.59 Å². The summed E-state index contributed by atoms with van der Waals surface area (Å²) in [4.78, 5) is 21.4. The van der Waals surface area contributed by atoms with Gasteiger partial charge in [-0.05, 0) is 19.4 Å². The Balaban J connectivity index is 4.47. The number of hydrogen-bond acceptors (Lipinski definition) is 4. The molecule has 80 valence electrons. The lowest BCUT2D eigenvalue weighted by Crippen LogP contribution is -2.37. The summed E-state index contributed by atoms with van der Waals surface area (Å²) < 4.78 is 9.83. The third kappa shape index (κ3) is 4.07. The van der Waals surface area contributed by atoms with E-state index < -0.39 is 17.5 Å². The van der Waals surface area contributed by atoms with Gasteiger partial charge in [0.15, 0.2) is 5.60 Å². The standard InChI is InChI=1S/C10H16O4/c1-7(2)10(5,14-9(4)12)6-13-8(3)11/h1,6H2,2-5H3. The van der Waals surface area contributed by atoms with Crippen molar-refractivity contribution in [3.63, 3.8) is 0 Å². The second kappa shape index (κ2) is 4.79. The highest BCUT2D eigenvalue weighted by atomic mass is 16.6. The zero-order valence-corrected chi connectivity index (χ0v) is 9.05. The first-order chi connectivity index (χ1) is 6.28. The van der Waals surface area contributed by atoms with Crippen LogP contribution in [0.15, 0.2) is 12.2 Å². The van der Waals surface area contributed by atoms with Gasteiger partial charge in [0.25, 0.3) is 0 Å². The van der Waals surface area contributed by atoms with Gasteiger partial charge in [-0.2, -0.15) is 0 Å². The molecule has 0 radical (unpaired) electrons. The smallest absolute Gasteiger partial charge is 0.303 e. The monoisotopic (exact) mass is 200 g/mol. The molecule has 0 aliphatic rings. The van der Waals surface area contributed by atoms with E-state index in [1.165, 1.54) is 13.8 Å². The Morgan fingerprint density at radius 2 is 1.71 bits per heavy atom. The van der Waals surface area contributed by atoms with Crippen molar-refractivity contribution >= 4 is 11.9 Å². The minimum atomic E-state index is -0.933. The topological polar surface area (TPSA) is 52.6 Å². The van der Waals surface area contributed by atoms with Crippen LogP contribution in [0.5, 0.6) is 0 Å². The van der Waals surface area contributed by atoms with Crippen LogP contribution in [0.25, 0.3) is 0 Å². The summed E-state index contributed by atoms with van der Waals surface area (Å²) in [6.07, 6.45) is 0. The number of carbonyl (C=O) groups excluding carboxylic acids is 2. The van der Waals surface area contributed by atoms with Crippen molar-refractivity contribution in [2.45, 2.75) is 33.3 Å².